The number of ether oxygens (including phenoxy) is 2. The predicted octanol–water partition coefficient (Wildman–Crippen LogP) is 2.95. The van der Waals surface area contributed by atoms with Gasteiger partial charge in [0.15, 0.2) is 0 Å². The van der Waals surface area contributed by atoms with Crippen LogP contribution in [-0.2, 0) is 23.2 Å². The van der Waals surface area contributed by atoms with Crippen LogP contribution in [0.3, 0.4) is 0 Å². The highest BCUT2D eigenvalue weighted by atomic mass is 16.5. The third-order valence-corrected chi connectivity index (χ3v) is 4.79. The van der Waals surface area contributed by atoms with E-state index >= 15 is 0 Å². The van der Waals surface area contributed by atoms with Crippen LogP contribution in [0.15, 0.2) is 67.0 Å². The molecule has 2 amide bonds. The van der Waals surface area contributed by atoms with Crippen molar-refractivity contribution in [3.8, 4) is 5.75 Å². The fourth-order valence-corrected chi connectivity index (χ4v) is 3.02. The van der Waals surface area contributed by atoms with Gasteiger partial charge in [0, 0.05) is 19.4 Å². The van der Waals surface area contributed by atoms with Gasteiger partial charge in [-0.25, -0.2) is 9.78 Å². The summed E-state index contributed by atoms with van der Waals surface area (Å²) in [4.78, 5) is 29.3. The molecule has 2 aromatic carbocycles. The molecule has 1 heterocycles. The second kappa shape index (κ2) is 10.3. The summed E-state index contributed by atoms with van der Waals surface area (Å²) < 4.78 is 12.2. The van der Waals surface area contributed by atoms with Crippen molar-refractivity contribution in [2.24, 2.45) is 7.05 Å². The molecular formula is C23H26N4O4. The minimum atomic E-state index is -0.802. The quantitative estimate of drug-likeness (QED) is 0.582. The normalized spacial score (nSPS) is 12.5. The maximum atomic E-state index is 12.8. The first-order chi connectivity index (χ1) is 15.0. The average Bonchev–Trinajstić information content (AvgIpc) is 3.22. The molecule has 8 heteroatoms. The Hall–Kier alpha value is -3.81. The molecule has 8 nitrogen and oxygen atoms in total. The van der Waals surface area contributed by atoms with E-state index in [1.54, 1.807) is 26.4 Å². The SMILES string of the molecule is COc1ccc(C(NC(=O)[C@H](C)NC(=O)OCc2ccccc2)c2nccn2C)cc1. The molecule has 0 aliphatic heterocycles. The lowest BCUT2D eigenvalue weighted by Gasteiger charge is -2.22. The molecular weight excluding hydrogens is 396 g/mol. The monoisotopic (exact) mass is 422 g/mol. The third-order valence-electron chi connectivity index (χ3n) is 4.79. The molecule has 0 fully saturated rings. The number of rotatable bonds is 8. The number of aryl methyl sites for hydroxylation is 1. The predicted molar refractivity (Wildman–Crippen MR) is 115 cm³/mol. The lowest BCUT2D eigenvalue weighted by atomic mass is 10.1. The summed E-state index contributed by atoms with van der Waals surface area (Å²) in [5.74, 6) is 1.02. The fraction of sp³-hybridized carbons (Fsp3) is 0.261. The zero-order valence-electron chi connectivity index (χ0n) is 17.7. The maximum absolute atomic E-state index is 12.8. The zero-order valence-corrected chi connectivity index (χ0v) is 17.7. The summed E-state index contributed by atoms with van der Waals surface area (Å²) in [6, 6.07) is 15.4. The summed E-state index contributed by atoms with van der Waals surface area (Å²) in [6.45, 7) is 1.73. The van der Waals surface area contributed by atoms with Gasteiger partial charge < -0.3 is 24.7 Å². The first-order valence-corrected chi connectivity index (χ1v) is 9.86. The van der Waals surface area contributed by atoms with Crippen LogP contribution >= 0.6 is 0 Å². The molecule has 31 heavy (non-hydrogen) atoms. The third kappa shape index (κ3) is 5.85. The molecule has 162 valence electrons. The molecule has 0 aliphatic carbocycles. The van der Waals surface area contributed by atoms with Crippen molar-refractivity contribution in [3.63, 3.8) is 0 Å². The molecule has 1 aromatic heterocycles. The average molecular weight is 422 g/mol. The van der Waals surface area contributed by atoms with Crippen molar-refractivity contribution < 1.29 is 19.1 Å². The molecule has 3 rings (SSSR count). The van der Waals surface area contributed by atoms with Gasteiger partial charge in [-0.15, -0.1) is 0 Å². The maximum Gasteiger partial charge on any atom is 0.408 e. The Kier molecular flexibility index (Phi) is 7.26. The number of hydrogen-bond acceptors (Lipinski definition) is 5. The smallest absolute Gasteiger partial charge is 0.408 e. The Bertz CT molecular complexity index is 1000. The number of methoxy groups -OCH3 is 1. The second-order valence-electron chi connectivity index (χ2n) is 7.04. The van der Waals surface area contributed by atoms with Crippen LogP contribution < -0.4 is 15.4 Å². The Morgan fingerprint density at radius 3 is 2.39 bits per heavy atom. The standard InChI is InChI=1S/C23H26N4O4/c1-16(25-23(29)31-15-17-7-5-4-6-8-17)22(28)26-20(21-24-13-14-27(21)2)18-9-11-19(30-3)12-10-18/h4-14,16,20H,15H2,1-3H3,(H,25,29)(H,26,28)/t16-,20?/m0/s1. The van der Waals surface area contributed by atoms with Crippen LogP contribution in [0.5, 0.6) is 5.75 Å². The minimum absolute atomic E-state index is 0.128. The Balaban J connectivity index is 1.65. The number of carbonyl (C=O) groups excluding carboxylic acids is 2. The van der Waals surface area contributed by atoms with E-state index in [1.807, 2.05) is 66.2 Å². The number of hydrogen-bond donors (Lipinski definition) is 2. The van der Waals surface area contributed by atoms with Crippen molar-refractivity contribution in [2.75, 3.05) is 7.11 Å². The number of aromatic nitrogens is 2. The number of imidazole rings is 1. The fourth-order valence-electron chi connectivity index (χ4n) is 3.02. The number of amides is 2. The van der Waals surface area contributed by atoms with E-state index in [0.717, 1.165) is 11.1 Å². The Morgan fingerprint density at radius 1 is 1.06 bits per heavy atom. The van der Waals surface area contributed by atoms with E-state index in [4.69, 9.17) is 9.47 Å². The van der Waals surface area contributed by atoms with Crippen molar-refractivity contribution in [1.29, 1.82) is 0 Å². The lowest BCUT2D eigenvalue weighted by molar-refractivity contribution is -0.123. The summed E-state index contributed by atoms with van der Waals surface area (Å²) >= 11 is 0. The van der Waals surface area contributed by atoms with E-state index in [9.17, 15) is 9.59 Å². The highest BCUT2D eigenvalue weighted by Gasteiger charge is 2.24. The van der Waals surface area contributed by atoms with E-state index in [-0.39, 0.29) is 12.5 Å². The van der Waals surface area contributed by atoms with Gasteiger partial charge in [0.1, 0.15) is 30.3 Å². The van der Waals surface area contributed by atoms with Gasteiger partial charge in [-0.3, -0.25) is 4.79 Å². The lowest BCUT2D eigenvalue weighted by Crippen LogP contribution is -2.46. The molecule has 3 aromatic rings. The van der Waals surface area contributed by atoms with Gasteiger partial charge in [0.05, 0.1) is 7.11 Å². The number of benzene rings is 2. The molecule has 2 atom stereocenters. The van der Waals surface area contributed by atoms with E-state index < -0.39 is 18.2 Å². The molecule has 2 N–H and O–H groups in total. The van der Waals surface area contributed by atoms with Crippen LogP contribution in [-0.4, -0.2) is 34.7 Å². The van der Waals surface area contributed by atoms with Crippen molar-refractivity contribution in [1.82, 2.24) is 20.2 Å². The van der Waals surface area contributed by atoms with Gasteiger partial charge in [-0.1, -0.05) is 42.5 Å². The van der Waals surface area contributed by atoms with Gasteiger partial charge in [0.25, 0.3) is 0 Å². The minimum Gasteiger partial charge on any atom is -0.497 e. The molecule has 0 bridgehead atoms. The van der Waals surface area contributed by atoms with E-state index in [2.05, 4.69) is 15.6 Å². The van der Waals surface area contributed by atoms with Gasteiger partial charge in [-0.05, 0) is 30.2 Å². The molecule has 0 aliphatic rings. The number of alkyl carbamates (subject to hydrolysis) is 1. The molecule has 0 radical (unpaired) electrons. The summed E-state index contributed by atoms with van der Waals surface area (Å²) in [6.07, 6.45) is 2.81. The van der Waals surface area contributed by atoms with E-state index in [1.165, 1.54) is 0 Å². The molecule has 0 spiro atoms. The summed E-state index contributed by atoms with van der Waals surface area (Å²) in [5.41, 5.74) is 1.70. The van der Waals surface area contributed by atoms with Crippen LogP contribution in [0.2, 0.25) is 0 Å². The van der Waals surface area contributed by atoms with Crippen molar-refractivity contribution in [2.45, 2.75) is 25.6 Å². The largest absolute Gasteiger partial charge is 0.497 e. The van der Waals surface area contributed by atoms with Crippen LogP contribution in [0, 0.1) is 0 Å². The van der Waals surface area contributed by atoms with Crippen LogP contribution in [0.25, 0.3) is 0 Å². The number of carbonyl (C=O) groups is 2. The summed E-state index contributed by atoms with van der Waals surface area (Å²) in [5, 5.41) is 5.52. The highest BCUT2D eigenvalue weighted by molar-refractivity contribution is 5.85. The highest BCUT2D eigenvalue weighted by Crippen LogP contribution is 2.23. The second-order valence-corrected chi connectivity index (χ2v) is 7.04. The zero-order chi connectivity index (χ0) is 22.2. The number of nitrogens with one attached hydrogen (secondary N) is 2. The topological polar surface area (TPSA) is 94.5 Å². The van der Waals surface area contributed by atoms with Crippen molar-refractivity contribution in [3.05, 3.63) is 83.9 Å². The first-order valence-electron chi connectivity index (χ1n) is 9.86. The van der Waals surface area contributed by atoms with Gasteiger partial charge >= 0.3 is 6.09 Å². The summed E-state index contributed by atoms with van der Waals surface area (Å²) in [7, 11) is 3.45. The van der Waals surface area contributed by atoms with Crippen LogP contribution in [0.4, 0.5) is 4.79 Å². The van der Waals surface area contributed by atoms with Gasteiger partial charge in [-0.2, -0.15) is 0 Å². The van der Waals surface area contributed by atoms with E-state index in [0.29, 0.717) is 11.6 Å². The molecule has 0 saturated carbocycles. The Morgan fingerprint density at radius 2 is 1.77 bits per heavy atom. The first kappa shape index (κ1) is 21.9. The van der Waals surface area contributed by atoms with Crippen molar-refractivity contribution >= 4 is 12.0 Å². The number of nitrogens with zero attached hydrogens (tertiary/aromatic N) is 2. The molecule has 1 unspecified atom stereocenters. The molecule has 0 saturated heterocycles. The Labute approximate surface area is 181 Å². The van der Waals surface area contributed by atoms with Gasteiger partial charge in [0.2, 0.25) is 5.91 Å². The van der Waals surface area contributed by atoms with Crippen LogP contribution in [0.1, 0.15) is 29.9 Å².